The zero-order chi connectivity index (χ0) is 16.5. The van der Waals surface area contributed by atoms with Crippen LogP contribution in [0.5, 0.6) is 0 Å². The largest absolute Gasteiger partial charge is 0.376 e. The van der Waals surface area contributed by atoms with Gasteiger partial charge in [-0.1, -0.05) is 6.07 Å². The standard InChI is InChI=1S/C18H23N3O2S/c1-20-11-14(10-19-20)9-15-16(23-12-13-4-5-13)6-7-21(15)18(22)17-3-2-8-24-17/h2-3,8,10-11,13,15-16H,4-7,9,12H2,1H3/t15-,16-/m0/s1. The maximum Gasteiger partial charge on any atom is 0.264 e. The Morgan fingerprint density at radius 2 is 2.29 bits per heavy atom. The normalized spacial score (nSPS) is 23.8. The Morgan fingerprint density at radius 1 is 1.42 bits per heavy atom. The topological polar surface area (TPSA) is 47.4 Å². The van der Waals surface area contributed by atoms with Crippen LogP contribution >= 0.6 is 11.3 Å². The van der Waals surface area contributed by atoms with Crippen LogP contribution in [0.3, 0.4) is 0 Å². The van der Waals surface area contributed by atoms with E-state index < -0.39 is 0 Å². The van der Waals surface area contributed by atoms with Crippen LogP contribution < -0.4 is 0 Å². The highest BCUT2D eigenvalue weighted by atomic mass is 32.1. The van der Waals surface area contributed by atoms with Gasteiger partial charge in [0.1, 0.15) is 0 Å². The van der Waals surface area contributed by atoms with Gasteiger partial charge in [0.05, 0.1) is 23.2 Å². The van der Waals surface area contributed by atoms with Gasteiger partial charge < -0.3 is 9.64 Å². The molecule has 0 aromatic carbocycles. The van der Waals surface area contributed by atoms with Crippen molar-refractivity contribution in [2.24, 2.45) is 13.0 Å². The third-order valence-electron chi connectivity index (χ3n) is 4.92. The van der Waals surface area contributed by atoms with Gasteiger partial charge in [-0.05, 0) is 48.6 Å². The fraction of sp³-hybridized carbons (Fsp3) is 0.556. The lowest BCUT2D eigenvalue weighted by atomic mass is 10.0. The van der Waals surface area contributed by atoms with Crippen molar-refractivity contribution in [1.29, 1.82) is 0 Å². The van der Waals surface area contributed by atoms with E-state index in [1.165, 1.54) is 24.2 Å². The van der Waals surface area contributed by atoms with E-state index in [2.05, 4.69) is 5.10 Å². The van der Waals surface area contributed by atoms with Gasteiger partial charge in [0.25, 0.3) is 5.91 Å². The Labute approximate surface area is 146 Å². The Morgan fingerprint density at radius 3 is 2.96 bits per heavy atom. The van der Waals surface area contributed by atoms with Gasteiger partial charge in [-0.2, -0.15) is 5.10 Å². The maximum absolute atomic E-state index is 12.9. The van der Waals surface area contributed by atoms with Gasteiger partial charge in [0.2, 0.25) is 0 Å². The monoisotopic (exact) mass is 345 g/mol. The molecular weight excluding hydrogens is 322 g/mol. The molecule has 0 unspecified atom stereocenters. The number of carbonyl (C=O) groups is 1. The van der Waals surface area contributed by atoms with Crippen molar-refractivity contribution in [3.05, 3.63) is 40.3 Å². The molecule has 2 aliphatic rings. The average Bonchev–Trinajstić information content (AvgIpc) is 2.98. The molecule has 1 saturated heterocycles. The van der Waals surface area contributed by atoms with Crippen LogP contribution in [-0.4, -0.2) is 45.9 Å². The predicted molar refractivity (Wildman–Crippen MR) is 93.1 cm³/mol. The van der Waals surface area contributed by atoms with Crippen LogP contribution in [0.15, 0.2) is 29.9 Å². The molecule has 128 valence electrons. The molecule has 0 N–H and O–H groups in total. The second-order valence-electron chi connectivity index (χ2n) is 6.87. The molecule has 2 aromatic rings. The number of thiophene rings is 1. The molecule has 5 nitrogen and oxygen atoms in total. The van der Waals surface area contributed by atoms with Crippen LogP contribution in [-0.2, 0) is 18.2 Å². The molecule has 3 heterocycles. The van der Waals surface area contributed by atoms with E-state index in [4.69, 9.17) is 4.74 Å². The van der Waals surface area contributed by atoms with E-state index in [0.29, 0.717) is 0 Å². The van der Waals surface area contributed by atoms with Crippen LogP contribution in [0.25, 0.3) is 0 Å². The Hall–Kier alpha value is -1.66. The molecule has 2 atom stereocenters. The highest BCUT2D eigenvalue weighted by Gasteiger charge is 2.39. The minimum Gasteiger partial charge on any atom is -0.376 e. The van der Waals surface area contributed by atoms with E-state index >= 15 is 0 Å². The van der Waals surface area contributed by atoms with Gasteiger partial charge in [-0.15, -0.1) is 11.3 Å². The van der Waals surface area contributed by atoms with E-state index in [0.717, 1.165) is 42.4 Å². The molecule has 2 aromatic heterocycles. The van der Waals surface area contributed by atoms with Crippen LogP contribution in [0.4, 0.5) is 0 Å². The van der Waals surface area contributed by atoms with Crippen molar-refractivity contribution < 1.29 is 9.53 Å². The number of likely N-dealkylation sites (tertiary alicyclic amines) is 1. The summed E-state index contributed by atoms with van der Waals surface area (Å²) >= 11 is 1.51. The van der Waals surface area contributed by atoms with Crippen molar-refractivity contribution in [3.8, 4) is 0 Å². The molecule has 1 amide bonds. The number of aromatic nitrogens is 2. The van der Waals surface area contributed by atoms with E-state index in [9.17, 15) is 4.79 Å². The predicted octanol–water partition coefficient (Wildman–Crippen LogP) is 2.73. The third-order valence-corrected chi connectivity index (χ3v) is 5.78. The van der Waals surface area contributed by atoms with Crippen molar-refractivity contribution in [2.45, 2.75) is 37.8 Å². The van der Waals surface area contributed by atoms with Gasteiger partial charge in [0.15, 0.2) is 0 Å². The Balaban J connectivity index is 1.51. The summed E-state index contributed by atoms with van der Waals surface area (Å²) in [5, 5.41) is 6.22. The molecule has 1 aliphatic heterocycles. The number of nitrogens with zero attached hydrogens (tertiary/aromatic N) is 3. The molecule has 2 fully saturated rings. The van der Waals surface area contributed by atoms with Gasteiger partial charge in [0, 0.05) is 26.4 Å². The molecule has 4 rings (SSSR count). The highest BCUT2D eigenvalue weighted by Crippen LogP contribution is 2.32. The smallest absolute Gasteiger partial charge is 0.264 e. The lowest BCUT2D eigenvalue weighted by Crippen LogP contribution is -2.41. The molecule has 24 heavy (non-hydrogen) atoms. The zero-order valence-corrected chi connectivity index (χ0v) is 14.7. The van der Waals surface area contributed by atoms with Crippen molar-refractivity contribution in [1.82, 2.24) is 14.7 Å². The summed E-state index contributed by atoms with van der Waals surface area (Å²) < 4.78 is 8.01. The molecular formula is C18H23N3O2S. The van der Waals surface area contributed by atoms with E-state index in [-0.39, 0.29) is 18.1 Å². The number of amides is 1. The van der Waals surface area contributed by atoms with Gasteiger partial charge >= 0.3 is 0 Å². The summed E-state index contributed by atoms with van der Waals surface area (Å²) in [6.45, 7) is 1.62. The Bertz CT molecular complexity index is 693. The molecule has 6 heteroatoms. The zero-order valence-electron chi connectivity index (χ0n) is 13.9. The fourth-order valence-electron chi connectivity index (χ4n) is 3.42. The first-order valence-corrected chi connectivity index (χ1v) is 9.52. The molecule has 1 aliphatic carbocycles. The first-order chi connectivity index (χ1) is 11.7. The van der Waals surface area contributed by atoms with Crippen molar-refractivity contribution in [3.63, 3.8) is 0 Å². The first kappa shape index (κ1) is 15.8. The van der Waals surface area contributed by atoms with Crippen LogP contribution in [0.1, 0.15) is 34.5 Å². The fourth-order valence-corrected chi connectivity index (χ4v) is 4.10. The van der Waals surface area contributed by atoms with Crippen molar-refractivity contribution >= 4 is 17.2 Å². The summed E-state index contributed by atoms with van der Waals surface area (Å²) in [6.07, 6.45) is 8.37. The first-order valence-electron chi connectivity index (χ1n) is 8.64. The van der Waals surface area contributed by atoms with Gasteiger partial charge in [-0.25, -0.2) is 0 Å². The summed E-state index contributed by atoms with van der Waals surface area (Å²) in [7, 11) is 1.92. The molecule has 0 spiro atoms. The van der Waals surface area contributed by atoms with Crippen LogP contribution in [0, 0.1) is 5.92 Å². The summed E-state index contributed by atoms with van der Waals surface area (Å²) in [6, 6.07) is 3.94. The lowest BCUT2D eigenvalue weighted by Gasteiger charge is -2.27. The SMILES string of the molecule is Cn1cc(C[C@H]2[C@@H](OCC3CC3)CCN2C(=O)c2cccs2)cn1. The second-order valence-corrected chi connectivity index (χ2v) is 7.82. The summed E-state index contributed by atoms with van der Waals surface area (Å²) in [5.41, 5.74) is 1.16. The number of aryl methyl sites for hydroxylation is 1. The maximum atomic E-state index is 12.9. The molecule has 0 radical (unpaired) electrons. The quantitative estimate of drug-likeness (QED) is 0.809. The Kier molecular flexibility index (Phi) is 4.41. The minimum absolute atomic E-state index is 0.0996. The number of rotatable bonds is 6. The molecule has 1 saturated carbocycles. The third kappa shape index (κ3) is 3.39. The number of ether oxygens (including phenoxy) is 1. The number of carbonyl (C=O) groups excluding carboxylic acids is 1. The summed E-state index contributed by atoms with van der Waals surface area (Å²) in [4.78, 5) is 15.7. The van der Waals surface area contributed by atoms with E-state index in [1.807, 2.05) is 46.5 Å². The number of hydrogen-bond acceptors (Lipinski definition) is 4. The van der Waals surface area contributed by atoms with Gasteiger partial charge in [-0.3, -0.25) is 9.48 Å². The van der Waals surface area contributed by atoms with Crippen LogP contribution in [0.2, 0.25) is 0 Å². The van der Waals surface area contributed by atoms with E-state index in [1.54, 1.807) is 0 Å². The molecule has 0 bridgehead atoms. The van der Waals surface area contributed by atoms with Crippen molar-refractivity contribution in [2.75, 3.05) is 13.2 Å². The second kappa shape index (κ2) is 6.69. The minimum atomic E-state index is 0.0996. The highest BCUT2D eigenvalue weighted by molar-refractivity contribution is 7.12. The summed E-state index contributed by atoms with van der Waals surface area (Å²) in [5.74, 6) is 0.877. The number of hydrogen-bond donors (Lipinski definition) is 0. The average molecular weight is 345 g/mol. The lowest BCUT2D eigenvalue weighted by molar-refractivity contribution is 0.0201.